The fourth-order valence-electron chi connectivity index (χ4n) is 1.54. The summed E-state index contributed by atoms with van der Waals surface area (Å²) in [4.78, 5) is 14.8. The van der Waals surface area contributed by atoms with Crippen LogP contribution >= 0.6 is 23.2 Å². The molecule has 0 saturated carbocycles. The van der Waals surface area contributed by atoms with Gasteiger partial charge in [-0.15, -0.1) is 0 Å². The molecule has 1 amide bonds. The van der Waals surface area contributed by atoms with Gasteiger partial charge in [-0.2, -0.15) is 0 Å². The average molecular weight is 346 g/mol. The number of hydrogen-bond donors (Lipinski definition) is 2. The Kier molecular flexibility index (Phi) is 4.36. The van der Waals surface area contributed by atoms with Crippen molar-refractivity contribution in [3.8, 4) is 0 Å². The van der Waals surface area contributed by atoms with Crippen LogP contribution in [0.15, 0.2) is 41.4 Å². The highest BCUT2D eigenvalue weighted by Crippen LogP contribution is 2.24. The summed E-state index contributed by atoms with van der Waals surface area (Å²) in [5.74, 6) is -0.749. The van der Waals surface area contributed by atoms with E-state index in [1.165, 1.54) is 12.1 Å². The van der Waals surface area contributed by atoms with Crippen LogP contribution in [0, 0.1) is 0 Å². The summed E-state index contributed by atoms with van der Waals surface area (Å²) in [5.41, 5.74) is 5.31. The Hall–Kier alpha value is -1.83. The van der Waals surface area contributed by atoms with E-state index in [4.69, 9.17) is 28.9 Å². The molecule has 0 atom stereocenters. The summed E-state index contributed by atoms with van der Waals surface area (Å²) in [6.07, 6.45) is 1.06. The number of halogens is 2. The van der Waals surface area contributed by atoms with Crippen molar-refractivity contribution in [3.05, 3.63) is 52.3 Å². The smallest absolute Gasteiger partial charge is 0.263 e. The van der Waals surface area contributed by atoms with Gasteiger partial charge in [0.05, 0.1) is 16.3 Å². The number of para-hydroxylation sites is 1. The van der Waals surface area contributed by atoms with Crippen molar-refractivity contribution in [1.82, 2.24) is 4.98 Å². The van der Waals surface area contributed by atoms with Crippen LogP contribution in [0.3, 0.4) is 0 Å². The van der Waals surface area contributed by atoms with Crippen molar-refractivity contribution in [2.75, 3.05) is 4.72 Å². The van der Waals surface area contributed by atoms with E-state index >= 15 is 0 Å². The Labute approximate surface area is 130 Å². The maximum Gasteiger partial charge on any atom is 0.263 e. The number of benzene rings is 1. The van der Waals surface area contributed by atoms with Crippen molar-refractivity contribution >= 4 is 44.8 Å². The molecule has 0 aliphatic heterocycles. The summed E-state index contributed by atoms with van der Waals surface area (Å²) < 4.78 is 26.7. The van der Waals surface area contributed by atoms with Crippen LogP contribution in [0.5, 0.6) is 0 Å². The lowest BCUT2D eigenvalue weighted by Crippen LogP contribution is -2.18. The van der Waals surface area contributed by atoms with Crippen molar-refractivity contribution in [2.45, 2.75) is 4.90 Å². The maximum atomic E-state index is 12.2. The normalized spacial score (nSPS) is 11.1. The fraction of sp³-hybridized carbons (Fsp3) is 0. The summed E-state index contributed by atoms with van der Waals surface area (Å²) in [5, 5.41) is -0.00381. The molecule has 21 heavy (non-hydrogen) atoms. The van der Waals surface area contributed by atoms with E-state index in [9.17, 15) is 13.2 Å². The largest absolute Gasteiger partial charge is 0.366 e. The number of rotatable bonds is 4. The molecule has 0 aliphatic carbocycles. The van der Waals surface area contributed by atoms with Gasteiger partial charge in [-0.05, 0) is 18.2 Å². The molecular formula is C12H9Cl2N3O3S. The average Bonchev–Trinajstić information content (AvgIpc) is 2.41. The number of amides is 1. The molecule has 0 bridgehead atoms. The zero-order valence-corrected chi connectivity index (χ0v) is 12.7. The quantitative estimate of drug-likeness (QED) is 0.829. The van der Waals surface area contributed by atoms with E-state index in [2.05, 4.69) is 9.71 Å². The Morgan fingerprint density at radius 2 is 1.90 bits per heavy atom. The molecule has 0 unspecified atom stereocenters. The standard InChI is InChI=1S/C12H9Cl2N3O3S/c13-9-5-7(6-16-11(9)14)21(19,20)17-10-4-2-1-3-8(10)12(15)18/h1-6,17H,(H2,15,18). The molecule has 6 nitrogen and oxygen atoms in total. The highest BCUT2D eigenvalue weighted by molar-refractivity contribution is 7.92. The van der Waals surface area contributed by atoms with E-state index < -0.39 is 15.9 Å². The minimum atomic E-state index is -3.97. The molecule has 1 heterocycles. The van der Waals surface area contributed by atoms with E-state index in [1.54, 1.807) is 12.1 Å². The molecule has 0 radical (unpaired) electrons. The molecule has 2 rings (SSSR count). The lowest BCUT2D eigenvalue weighted by Gasteiger charge is -2.11. The fourth-order valence-corrected chi connectivity index (χ4v) is 2.93. The Bertz CT molecular complexity index is 809. The molecule has 2 aromatic rings. The van der Waals surface area contributed by atoms with Crippen molar-refractivity contribution in [2.24, 2.45) is 5.73 Å². The van der Waals surface area contributed by atoms with Crippen molar-refractivity contribution in [3.63, 3.8) is 0 Å². The lowest BCUT2D eigenvalue weighted by molar-refractivity contribution is 0.100. The van der Waals surface area contributed by atoms with Crippen LogP contribution in [0.25, 0.3) is 0 Å². The zero-order chi connectivity index (χ0) is 15.6. The highest BCUT2D eigenvalue weighted by Gasteiger charge is 2.19. The first-order valence-electron chi connectivity index (χ1n) is 5.54. The predicted octanol–water partition coefficient (Wildman–Crippen LogP) is 2.29. The van der Waals surface area contributed by atoms with Crippen LogP contribution in [0.1, 0.15) is 10.4 Å². The third-order valence-electron chi connectivity index (χ3n) is 2.52. The number of sulfonamides is 1. The third-order valence-corrected chi connectivity index (χ3v) is 4.54. The molecule has 1 aromatic carbocycles. The van der Waals surface area contributed by atoms with Gasteiger partial charge in [0, 0.05) is 6.20 Å². The number of nitrogens with one attached hydrogen (secondary N) is 1. The SMILES string of the molecule is NC(=O)c1ccccc1NS(=O)(=O)c1cnc(Cl)c(Cl)c1. The summed E-state index contributed by atoms with van der Waals surface area (Å²) in [6.45, 7) is 0. The number of nitrogens with zero attached hydrogens (tertiary/aromatic N) is 1. The number of hydrogen-bond acceptors (Lipinski definition) is 4. The number of carbonyl (C=O) groups excluding carboxylic acids is 1. The topological polar surface area (TPSA) is 102 Å². The van der Waals surface area contributed by atoms with E-state index in [1.807, 2.05) is 0 Å². The molecule has 0 aliphatic rings. The molecule has 3 N–H and O–H groups in total. The predicted molar refractivity (Wildman–Crippen MR) is 80.0 cm³/mol. The second-order valence-electron chi connectivity index (χ2n) is 3.96. The number of pyridine rings is 1. The number of aromatic nitrogens is 1. The van der Waals surface area contributed by atoms with Gasteiger partial charge in [-0.1, -0.05) is 35.3 Å². The zero-order valence-electron chi connectivity index (χ0n) is 10.4. The second-order valence-corrected chi connectivity index (χ2v) is 6.41. The van der Waals surface area contributed by atoms with Crippen molar-refractivity contribution < 1.29 is 13.2 Å². The number of primary amides is 1. The Balaban J connectivity index is 2.42. The van der Waals surface area contributed by atoms with Crippen LogP contribution in [0.4, 0.5) is 5.69 Å². The van der Waals surface area contributed by atoms with Crippen LogP contribution < -0.4 is 10.5 Å². The van der Waals surface area contributed by atoms with Gasteiger partial charge in [-0.3, -0.25) is 9.52 Å². The maximum absolute atomic E-state index is 12.2. The molecular weight excluding hydrogens is 337 g/mol. The first-order valence-corrected chi connectivity index (χ1v) is 7.78. The Morgan fingerprint density at radius 1 is 1.24 bits per heavy atom. The first kappa shape index (κ1) is 15.6. The summed E-state index contributed by atoms with van der Waals surface area (Å²) >= 11 is 11.4. The first-order chi connectivity index (χ1) is 9.81. The van der Waals surface area contributed by atoms with Gasteiger partial charge in [-0.25, -0.2) is 13.4 Å². The minimum absolute atomic E-state index is 0.00253. The minimum Gasteiger partial charge on any atom is -0.366 e. The van der Waals surface area contributed by atoms with Crippen LogP contribution in [-0.4, -0.2) is 19.3 Å². The van der Waals surface area contributed by atoms with Crippen LogP contribution in [-0.2, 0) is 10.0 Å². The number of carbonyl (C=O) groups is 1. The van der Waals surface area contributed by atoms with Gasteiger partial charge in [0.15, 0.2) is 0 Å². The number of anilines is 1. The molecule has 9 heteroatoms. The van der Waals surface area contributed by atoms with Gasteiger partial charge < -0.3 is 5.73 Å². The molecule has 1 aromatic heterocycles. The molecule has 110 valence electrons. The van der Waals surface area contributed by atoms with E-state index in [0.717, 1.165) is 12.3 Å². The van der Waals surface area contributed by atoms with Crippen molar-refractivity contribution in [1.29, 1.82) is 0 Å². The number of nitrogens with two attached hydrogens (primary N) is 1. The second kappa shape index (κ2) is 5.88. The van der Waals surface area contributed by atoms with Gasteiger partial charge in [0.2, 0.25) is 0 Å². The Morgan fingerprint density at radius 3 is 2.52 bits per heavy atom. The lowest BCUT2D eigenvalue weighted by atomic mass is 10.2. The molecule has 0 fully saturated rings. The highest BCUT2D eigenvalue weighted by atomic mass is 35.5. The van der Waals surface area contributed by atoms with Crippen LogP contribution in [0.2, 0.25) is 10.2 Å². The summed E-state index contributed by atoms with van der Waals surface area (Å²) in [7, 11) is -3.97. The van der Waals surface area contributed by atoms with Gasteiger partial charge in [0.25, 0.3) is 15.9 Å². The van der Waals surface area contributed by atoms with E-state index in [-0.39, 0.29) is 26.3 Å². The van der Waals surface area contributed by atoms with Gasteiger partial charge in [0.1, 0.15) is 10.0 Å². The van der Waals surface area contributed by atoms with E-state index in [0.29, 0.717) is 0 Å². The molecule has 0 spiro atoms. The summed E-state index contributed by atoms with van der Waals surface area (Å²) in [6, 6.07) is 7.12. The third kappa shape index (κ3) is 3.44. The molecule has 0 saturated heterocycles. The van der Waals surface area contributed by atoms with Gasteiger partial charge >= 0.3 is 0 Å². The monoisotopic (exact) mass is 345 g/mol.